The minimum atomic E-state index is -2.08. The number of amides is 4. The van der Waals surface area contributed by atoms with Gasteiger partial charge in [0.2, 0.25) is 17.7 Å². The third kappa shape index (κ3) is 9.91. The first-order valence-electron chi connectivity index (χ1n) is 14.3. The molecule has 0 radical (unpaired) electrons. The number of ether oxygens (including phenoxy) is 4. The molecule has 2 aliphatic rings. The monoisotopic (exact) mass is 626 g/mol. The molecule has 1 aliphatic heterocycles. The van der Waals surface area contributed by atoms with E-state index in [0.29, 0.717) is 6.42 Å². The Kier molecular flexibility index (Phi) is 12.6. The maximum Gasteiger partial charge on any atom is 0.303 e. The molecular formula is C28H42N4O12. The SMILES string of the molecule is CC(=O)OC1CC(OC(C)=O)(C(=O)N2CCCC2C(=O)NC(CC(C)C)C(=O)NCC(N)=O)CC(OC(C)=O)C1OC(C)=O. The van der Waals surface area contributed by atoms with Crippen LogP contribution in [0.1, 0.15) is 73.6 Å². The van der Waals surface area contributed by atoms with E-state index >= 15 is 0 Å². The summed E-state index contributed by atoms with van der Waals surface area (Å²) in [6, 6.07) is -2.12. The lowest BCUT2D eigenvalue weighted by molar-refractivity contribution is -0.218. The summed E-state index contributed by atoms with van der Waals surface area (Å²) in [4.78, 5) is 101. The molecule has 0 aromatic rings. The van der Waals surface area contributed by atoms with Crippen LogP contribution in [0.25, 0.3) is 0 Å². The average molecular weight is 627 g/mol. The fourth-order valence-electron chi connectivity index (χ4n) is 5.58. The number of carbonyl (C=O) groups is 8. The van der Waals surface area contributed by atoms with Gasteiger partial charge in [0.25, 0.3) is 5.91 Å². The molecule has 16 nitrogen and oxygen atoms in total. The molecule has 16 heteroatoms. The fourth-order valence-corrected chi connectivity index (χ4v) is 5.58. The van der Waals surface area contributed by atoms with Crippen molar-refractivity contribution in [3.05, 3.63) is 0 Å². The molecule has 1 heterocycles. The van der Waals surface area contributed by atoms with E-state index < -0.39 is 103 Å². The molecule has 2 rings (SSSR count). The van der Waals surface area contributed by atoms with E-state index in [-0.39, 0.29) is 25.3 Å². The van der Waals surface area contributed by atoms with Crippen molar-refractivity contribution < 1.29 is 57.3 Å². The van der Waals surface area contributed by atoms with Crippen LogP contribution < -0.4 is 16.4 Å². The second-order valence-electron chi connectivity index (χ2n) is 11.4. The molecular weight excluding hydrogens is 584 g/mol. The number of hydrogen-bond donors (Lipinski definition) is 3. The van der Waals surface area contributed by atoms with Gasteiger partial charge >= 0.3 is 23.9 Å². The van der Waals surface area contributed by atoms with Gasteiger partial charge in [0.1, 0.15) is 24.3 Å². The van der Waals surface area contributed by atoms with Crippen molar-refractivity contribution in [2.45, 2.75) is 110 Å². The van der Waals surface area contributed by atoms with E-state index in [2.05, 4.69) is 10.6 Å². The standard InChI is InChI=1S/C28H42N4O12/c1-14(2)10-19(25(38)30-13-23(29)37)31-26(39)20-8-7-9-32(20)27(40)28(44-18(6)36)11-21(41-15(3)33)24(43-17(5)35)22(12-28)42-16(4)34/h14,19-22,24H,7-13H2,1-6H3,(H2,29,37)(H,30,38)(H,31,39). The quantitative estimate of drug-likeness (QED) is 0.175. The minimum Gasteiger partial charge on any atom is -0.458 e. The Morgan fingerprint density at radius 3 is 1.86 bits per heavy atom. The van der Waals surface area contributed by atoms with Gasteiger partial charge in [-0.05, 0) is 25.2 Å². The van der Waals surface area contributed by atoms with Crippen LogP contribution in [-0.4, -0.2) is 101 Å². The van der Waals surface area contributed by atoms with Gasteiger partial charge in [-0.25, -0.2) is 0 Å². The molecule has 44 heavy (non-hydrogen) atoms. The highest BCUT2D eigenvalue weighted by Gasteiger charge is 2.59. The van der Waals surface area contributed by atoms with Crippen LogP contribution in [-0.2, 0) is 57.3 Å². The lowest BCUT2D eigenvalue weighted by atomic mass is 9.77. The van der Waals surface area contributed by atoms with E-state index in [1.54, 1.807) is 0 Å². The van der Waals surface area contributed by atoms with Crippen LogP contribution in [0.3, 0.4) is 0 Å². The normalized spacial score (nSPS) is 25.3. The summed E-state index contributed by atoms with van der Waals surface area (Å²) in [5.41, 5.74) is 3.03. The lowest BCUT2D eigenvalue weighted by Gasteiger charge is -2.46. The summed E-state index contributed by atoms with van der Waals surface area (Å²) >= 11 is 0. The topological polar surface area (TPSA) is 227 Å². The number of primary amides is 1. The number of nitrogens with two attached hydrogens (primary N) is 1. The number of hydrogen-bond acceptors (Lipinski definition) is 12. The zero-order valence-corrected chi connectivity index (χ0v) is 25.8. The smallest absolute Gasteiger partial charge is 0.303 e. The Bertz CT molecular complexity index is 1130. The van der Waals surface area contributed by atoms with Gasteiger partial charge in [0.05, 0.1) is 6.54 Å². The van der Waals surface area contributed by atoms with Crippen LogP contribution in [0.2, 0.25) is 0 Å². The van der Waals surface area contributed by atoms with Gasteiger partial charge in [-0.1, -0.05) is 13.8 Å². The molecule has 4 N–H and O–H groups in total. The highest BCUT2D eigenvalue weighted by Crippen LogP contribution is 2.40. The second kappa shape index (κ2) is 15.5. The fraction of sp³-hybridized carbons (Fsp3) is 0.714. The third-order valence-electron chi connectivity index (χ3n) is 7.05. The van der Waals surface area contributed by atoms with Crippen molar-refractivity contribution in [3.63, 3.8) is 0 Å². The van der Waals surface area contributed by atoms with Crippen molar-refractivity contribution >= 4 is 47.5 Å². The van der Waals surface area contributed by atoms with Gasteiger partial charge in [-0.15, -0.1) is 0 Å². The van der Waals surface area contributed by atoms with Crippen LogP contribution >= 0.6 is 0 Å². The number of nitrogens with one attached hydrogen (secondary N) is 2. The number of nitrogens with zero attached hydrogens (tertiary/aromatic N) is 1. The predicted molar refractivity (Wildman–Crippen MR) is 149 cm³/mol. The first-order chi connectivity index (χ1) is 20.4. The Morgan fingerprint density at radius 1 is 0.864 bits per heavy atom. The van der Waals surface area contributed by atoms with E-state index in [0.717, 1.165) is 27.7 Å². The minimum absolute atomic E-state index is 0.0306. The number of carbonyl (C=O) groups excluding carboxylic acids is 8. The van der Waals surface area contributed by atoms with Gasteiger partial charge in [-0.3, -0.25) is 38.4 Å². The van der Waals surface area contributed by atoms with E-state index in [1.165, 1.54) is 4.90 Å². The van der Waals surface area contributed by atoms with Crippen LogP contribution in [0.15, 0.2) is 0 Å². The molecule has 1 saturated heterocycles. The Balaban J connectivity index is 2.46. The molecule has 1 aliphatic carbocycles. The van der Waals surface area contributed by atoms with Crippen molar-refractivity contribution in [2.24, 2.45) is 11.7 Å². The van der Waals surface area contributed by atoms with E-state index in [1.807, 2.05) is 13.8 Å². The van der Waals surface area contributed by atoms with Gasteiger partial charge in [0, 0.05) is 47.1 Å². The molecule has 4 unspecified atom stereocenters. The summed E-state index contributed by atoms with van der Waals surface area (Å²) in [6.45, 7) is 7.65. The van der Waals surface area contributed by atoms with Crippen LogP contribution in [0, 0.1) is 5.92 Å². The molecule has 0 aromatic carbocycles. The zero-order chi connectivity index (χ0) is 33.4. The van der Waals surface area contributed by atoms with Crippen molar-refractivity contribution in [1.82, 2.24) is 15.5 Å². The average Bonchev–Trinajstić information content (AvgIpc) is 3.37. The first kappa shape index (κ1) is 36.0. The summed E-state index contributed by atoms with van der Waals surface area (Å²) in [5.74, 6) is -6.16. The van der Waals surface area contributed by atoms with Gasteiger partial charge < -0.3 is 40.2 Å². The molecule has 2 fully saturated rings. The third-order valence-corrected chi connectivity index (χ3v) is 7.05. The summed E-state index contributed by atoms with van der Waals surface area (Å²) < 4.78 is 21.7. The van der Waals surface area contributed by atoms with Crippen molar-refractivity contribution in [3.8, 4) is 0 Å². The van der Waals surface area contributed by atoms with E-state index in [9.17, 15) is 38.4 Å². The molecule has 1 saturated carbocycles. The largest absolute Gasteiger partial charge is 0.458 e. The molecule has 4 atom stereocenters. The maximum atomic E-state index is 14.3. The van der Waals surface area contributed by atoms with Gasteiger partial charge in [0.15, 0.2) is 11.7 Å². The lowest BCUT2D eigenvalue weighted by Crippen LogP contribution is -2.64. The Morgan fingerprint density at radius 2 is 1.41 bits per heavy atom. The number of likely N-dealkylation sites (tertiary alicyclic amines) is 1. The maximum absolute atomic E-state index is 14.3. The van der Waals surface area contributed by atoms with E-state index in [4.69, 9.17) is 24.7 Å². The highest BCUT2D eigenvalue weighted by molar-refractivity contribution is 5.96. The first-order valence-corrected chi connectivity index (χ1v) is 14.3. The Labute approximate surface area is 255 Å². The highest BCUT2D eigenvalue weighted by atomic mass is 16.6. The number of esters is 4. The summed E-state index contributed by atoms with van der Waals surface area (Å²) in [5, 5.41) is 5.02. The molecule has 246 valence electrons. The molecule has 0 spiro atoms. The Hall–Kier alpha value is -4.24. The summed E-state index contributed by atoms with van der Waals surface area (Å²) in [7, 11) is 0. The van der Waals surface area contributed by atoms with Gasteiger partial charge in [-0.2, -0.15) is 0 Å². The predicted octanol–water partition coefficient (Wildman–Crippen LogP) is -0.999. The molecule has 0 aromatic heterocycles. The summed E-state index contributed by atoms with van der Waals surface area (Å²) in [6.07, 6.45) is -4.14. The number of rotatable bonds is 12. The van der Waals surface area contributed by atoms with Crippen LogP contribution in [0.4, 0.5) is 0 Å². The zero-order valence-electron chi connectivity index (χ0n) is 25.8. The van der Waals surface area contributed by atoms with Crippen LogP contribution in [0.5, 0.6) is 0 Å². The molecule has 4 amide bonds. The second-order valence-corrected chi connectivity index (χ2v) is 11.4. The van der Waals surface area contributed by atoms with Crippen molar-refractivity contribution in [2.75, 3.05) is 13.1 Å². The molecule has 0 bridgehead atoms. The van der Waals surface area contributed by atoms with Crippen molar-refractivity contribution in [1.29, 1.82) is 0 Å².